The zero-order chi connectivity index (χ0) is 18.4. The van der Waals surface area contributed by atoms with Crippen LogP contribution in [0.5, 0.6) is 5.75 Å². The Morgan fingerprint density at radius 3 is 2.80 bits per heavy atom. The van der Waals surface area contributed by atoms with Crippen LogP contribution in [-0.2, 0) is 11.2 Å². The van der Waals surface area contributed by atoms with Gasteiger partial charge in [-0.1, -0.05) is 15.9 Å². The van der Waals surface area contributed by atoms with Crippen LogP contribution in [0, 0.1) is 6.92 Å². The number of ether oxygens (including phenoxy) is 1. The van der Waals surface area contributed by atoms with Gasteiger partial charge in [-0.25, -0.2) is 10.2 Å². The number of rotatable bonds is 6. The van der Waals surface area contributed by atoms with Crippen molar-refractivity contribution in [1.82, 2.24) is 15.4 Å². The van der Waals surface area contributed by atoms with E-state index in [9.17, 15) is 14.4 Å². The van der Waals surface area contributed by atoms with E-state index in [1.807, 2.05) is 6.07 Å². The molecule has 1 aromatic heterocycles. The zero-order valence-electron chi connectivity index (χ0n) is 13.7. The van der Waals surface area contributed by atoms with Crippen LogP contribution in [-0.4, -0.2) is 29.2 Å². The van der Waals surface area contributed by atoms with Gasteiger partial charge < -0.3 is 9.72 Å². The lowest BCUT2D eigenvalue weighted by Crippen LogP contribution is -2.28. The average Bonchev–Trinajstić information content (AvgIpc) is 2.54. The summed E-state index contributed by atoms with van der Waals surface area (Å²) in [6.45, 7) is 1.61. The first-order valence-electron chi connectivity index (χ1n) is 7.38. The lowest BCUT2D eigenvalue weighted by Gasteiger charge is -2.05. The van der Waals surface area contributed by atoms with Crippen molar-refractivity contribution >= 4 is 28.1 Å². The minimum absolute atomic E-state index is 0.0585. The highest BCUT2D eigenvalue weighted by atomic mass is 79.9. The Balaban J connectivity index is 1.97. The molecular formula is C16H17BrN4O4. The maximum atomic E-state index is 11.9. The van der Waals surface area contributed by atoms with Crippen molar-refractivity contribution in [1.29, 1.82) is 0 Å². The molecule has 0 bridgehead atoms. The van der Waals surface area contributed by atoms with Gasteiger partial charge in [-0.3, -0.25) is 14.6 Å². The number of nitrogens with one attached hydrogen (secondary N) is 3. The number of aryl methyl sites for hydroxylation is 1. The molecule has 1 heterocycles. The van der Waals surface area contributed by atoms with Gasteiger partial charge in [0.1, 0.15) is 5.75 Å². The Hall–Kier alpha value is -2.68. The molecule has 1 amide bonds. The Labute approximate surface area is 151 Å². The van der Waals surface area contributed by atoms with Crippen molar-refractivity contribution < 1.29 is 9.53 Å². The topological polar surface area (TPSA) is 116 Å². The largest absolute Gasteiger partial charge is 0.496 e. The Kier molecular flexibility index (Phi) is 6.29. The molecule has 0 saturated heterocycles. The second-order valence-corrected chi connectivity index (χ2v) is 6.11. The van der Waals surface area contributed by atoms with Crippen LogP contribution < -0.4 is 21.4 Å². The summed E-state index contributed by atoms with van der Waals surface area (Å²) in [6, 6.07) is 5.41. The molecule has 8 nitrogen and oxygen atoms in total. The number of halogens is 1. The van der Waals surface area contributed by atoms with Crippen LogP contribution >= 0.6 is 15.9 Å². The normalized spacial score (nSPS) is 10.8. The molecule has 0 unspecified atom stereocenters. The third-order valence-corrected chi connectivity index (χ3v) is 3.93. The zero-order valence-corrected chi connectivity index (χ0v) is 15.3. The predicted molar refractivity (Wildman–Crippen MR) is 97.2 cm³/mol. The number of carbonyl (C=O) groups is 1. The fraction of sp³-hybridized carbons (Fsp3) is 0.250. The summed E-state index contributed by atoms with van der Waals surface area (Å²) in [5.41, 5.74) is 2.86. The molecule has 9 heteroatoms. The van der Waals surface area contributed by atoms with Gasteiger partial charge >= 0.3 is 5.69 Å². The van der Waals surface area contributed by atoms with E-state index in [1.165, 1.54) is 6.21 Å². The van der Waals surface area contributed by atoms with E-state index in [0.717, 1.165) is 4.47 Å². The SMILES string of the molecule is COc1ccc(Br)cc1/C=N/NC(=O)CCc1c(C)[nH]c(=O)[nH]c1=O. The second kappa shape index (κ2) is 8.43. The van der Waals surface area contributed by atoms with Gasteiger partial charge in [0.15, 0.2) is 0 Å². The molecule has 0 spiro atoms. The van der Waals surface area contributed by atoms with Crippen LogP contribution in [0.1, 0.15) is 23.2 Å². The van der Waals surface area contributed by atoms with E-state index in [0.29, 0.717) is 22.6 Å². The van der Waals surface area contributed by atoms with E-state index in [1.54, 1.807) is 26.2 Å². The summed E-state index contributed by atoms with van der Waals surface area (Å²) in [7, 11) is 1.54. The summed E-state index contributed by atoms with van der Waals surface area (Å²) in [5.74, 6) is 0.270. The predicted octanol–water partition coefficient (Wildman–Crippen LogP) is 1.23. The summed E-state index contributed by atoms with van der Waals surface area (Å²) >= 11 is 3.35. The fourth-order valence-corrected chi connectivity index (χ4v) is 2.58. The highest BCUT2D eigenvalue weighted by Gasteiger charge is 2.09. The number of hydrogen-bond acceptors (Lipinski definition) is 5. The Morgan fingerprint density at radius 2 is 2.12 bits per heavy atom. The number of hydrazone groups is 1. The number of hydrogen-bond donors (Lipinski definition) is 3. The van der Waals surface area contributed by atoms with Gasteiger partial charge in [0.2, 0.25) is 5.91 Å². The minimum Gasteiger partial charge on any atom is -0.496 e. The molecule has 0 saturated carbocycles. The Morgan fingerprint density at radius 1 is 1.36 bits per heavy atom. The Bertz CT molecular complexity index is 917. The molecule has 0 aliphatic rings. The van der Waals surface area contributed by atoms with E-state index in [2.05, 4.69) is 36.4 Å². The van der Waals surface area contributed by atoms with Crippen molar-refractivity contribution in [2.24, 2.45) is 5.10 Å². The number of nitrogens with zero attached hydrogens (tertiary/aromatic N) is 1. The molecule has 2 aromatic rings. The minimum atomic E-state index is -0.566. The number of carbonyl (C=O) groups excluding carboxylic acids is 1. The molecule has 132 valence electrons. The van der Waals surface area contributed by atoms with Gasteiger partial charge in [-0.2, -0.15) is 5.10 Å². The monoisotopic (exact) mass is 408 g/mol. The first-order chi connectivity index (χ1) is 11.9. The first-order valence-corrected chi connectivity index (χ1v) is 8.17. The van der Waals surface area contributed by atoms with Crippen LogP contribution in [0.25, 0.3) is 0 Å². The summed E-state index contributed by atoms with van der Waals surface area (Å²) in [6.07, 6.45) is 1.72. The van der Waals surface area contributed by atoms with Crippen molar-refractivity contribution in [2.45, 2.75) is 19.8 Å². The second-order valence-electron chi connectivity index (χ2n) is 5.19. The van der Waals surface area contributed by atoms with Gasteiger partial charge in [-0.15, -0.1) is 0 Å². The molecule has 1 aromatic carbocycles. The molecule has 0 radical (unpaired) electrons. The van der Waals surface area contributed by atoms with Crippen LogP contribution in [0.4, 0.5) is 0 Å². The molecule has 25 heavy (non-hydrogen) atoms. The number of aromatic amines is 2. The number of amides is 1. The van der Waals surface area contributed by atoms with Gasteiger partial charge in [0, 0.05) is 27.7 Å². The lowest BCUT2D eigenvalue weighted by molar-refractivity contribution is -0.121. The average molecular weight is 409 g/mol. The van der Waals surface area contributed by atoms with Crippen LogP contribution in [0.3, 0.4) is 0 Å². The molecule has 3 N–H and O–H groups in total. The number of aromatic nitrogens is 2. The summed E-state index contributed by atoms with van der Waals surface area (Å²) in [4.78, 5) is 39.4. The van der Waals surface area contributed by atoms with Crippen molar-refractivity contribution in [3.63, 3.8) is 0 Å². The molecular weight excluding hydrogens is 392 g/mol. The smallest absolute Gasteiger partial charge is 0.325 e. The quantitative estimate of drug-likeness (QED) is 0.492. The number of methoxy groups -OCH3 is 1. The molecule has 0 aliphatic carbocycles. The maximum Gasteiger partial charge on any atom is 0.325 e. The van der Waals surface area contributed by atoms with Crippen LogP contribution in [0.2, 0.25) is 0 Å². The van der Waals surface area contributed by atoms with E-state index >= 15 is 0 Å². The number of benzene rings is 1. The molecule has 0 fully saturated rings. The molecule has 0 atom stereocenters. The van der Waals surface area contributed by atoms with Gasteiger partial charge in [0.05, 0.1) is 13.3 Å². The molecule has 0 aliphatic heterocycles. The highest BCUT2D eigenvalue weighted by Crippen LogP contribution is 2.21. The van der Waals surface area contributed by atoms with E-state index in [4.69, 9.17) is 4.74 Å². The lowest BCUT2D eigenvalue weighted by atomic mass is 10.1. The van der Waals surface area contributed by atoms with Crippen molar-refractivity contribution in [3.05, 3.63) is 60.3 Å². The summed E-state index contributed by atoms with van der Waals surface area (Å²) < 4.78 is 6.06. The maximum absolute atomic E-state index is 11.9. The van der Waals surface area contributed by atoms with Gasteiger partial charge in [0.25, 0.3) is 5.56 Å². The summed E-state index contributed by atoms with van der Waals surface area (Å²) in [5, 5.41) is 3.89. The van der Waals surface area contributed by atoms with E-state index in [-0.39, 0.29) is 18.7 Å². The van der Waals surface area contributed by atoms with E-state index < -0.39 is 11.2 Å². The third kappa shape index (κ3) is 5.15. The number of H-pyrrole nitrogens is 2. The third-order valence-electron chi connectivity index (χ3n) is 3.44. The first kappa shape index (κ1) is 18.7. The highest BCUT2D eigenvalue weighted by molar-refractivity contribution is 9.10. The fourth-order valence-electron chi connectivity index (χ4n) is 2.20. The van der Waals surface area contributed by atoms with Crippen LogP contribution in [0.15, 0.2) is 37.4 Å². The standard InChI is InChI=1S/C16H17BrN4O4/c1-9-12(15(23)20-16(24)19-9)4-6-14(22)21-18-8-10-7-11(17)3-5-13(10)25-2/h3,5,7-8H,4,6H2,1-2H3,(H,21,22)(H2,19,20,23,24)/b18-8+. The molecule has 2 rings (SSSR count). The van der Waals surface area contributed by atoms with Crippen molar-refractivity contribution in [3.8, 4) is 5.75 Å². The van der Waals surface area contributed by atoms with Gasteiger partial charge in [-0.05, 0) is 31.5 Å². The van der Waals surface area contributed by atoms with Crippen molar-refractivity contribution in [2.75, 3.05) is 7.11 Å².